The molecule has 3 aliphatic carbocycles. The van der Waals surface area contributed by atoms with Crippen molar-refractivity contribution >= 4 is 0 Å². The van der Waals surface area contributed by atoms with E-state index in [-0.39, 0.29) is 18.0 Å². The normalized spacial score (nSPS) is 31.8. The minimum atomic E-state index is -0.203. The van der Waals surface area contributed by atoms with Gasteiger partial charge in [0.15, 0.2) is 0 Å². The minimum absolute atomic E-state index is 0.203. The highest BCUT2D eigenvalue weighted by atomic mass is 19.1. The Morgan fingerprint density at radius 3 is 2.70 bits per heavy atom. The summed E-state index contributed by atoms with van der Waals surface area (Å²) in [6.45, 7) is 3.58. The molecule has 6 rings (SSSR count). The Kier molecular flexibility index (Phi) is 4.83. The smallest absolute Gasteiger partial charge is 0.145 e. The van der Waals surface area contributed by atoms with Gasteiger partial charge in [-0.05, 0) is 62.3 Å². The molecule has 4 aliphatic rings. The molecule has 6 nitrogen and oxygen atoms in total. The zero-order valence-electron chi connectivity index (χ0n) is 17.4. The summed E-state index contributed by atoms with van der Waals surface area (Å²) in [5.41, 5.74) is 1.89. The average Bonchev–Trinajstić information content (AvgIpc) is 3.68. The molecule has 1 saturated heterocycles. The van der Waals surface area contributed by atoms with Crippen LogP contribution in [0.25, 0.3) is 0 Å². The standard InChI is InChI=1S/C23H30FN5O/c24-20-9-25-6-5-17(20)10-28-11-18-7-22(29-13-21(26-27-29)16-3-4-16)23(8-19(18)12-28)30-14-15-1-2-15/h5-6,9,13,15-16,18-19,22-23H,1-4,7-8,10-12,14H2/t18-,19+,22-,23-/m1/s1. The van der Waals surface area contributed by atoms with Crippen LogP contribution in [0, 0.1) is 23.6 Å². The third kappa shape index (κ3) is 3.89. The molecule has 3 saturated carbocycles. The zero-order chi connectivity index (χ0) is 20.1. The number of likely N-dealkylation sites (tertiary alicyclic amines) is 1. The molecule has 0 amide bonds. The summed E-state index contributed by atoms with van der Waals surface area (Å²) in [4.78, 5) is 6.29. The molecule has 2 aromatic rings. The quantitative estimate of drug-likeness (QED) is 0.697. The van der Waals surface area contributed by atoms with E-state index in [9.17, 15) is 4.39 Å². The van der Waals surface area contributed by atoms with E-state index in [1.807, 2.05) is 0 Å². The van der Waals surface area contributed by atoms with Crippen molar-refractivity contribution < 1.29 is 9.13 Å². The number of rotatable bonds is 7. The SMILES string of the molecule is Fc1cnccc1CN1C[C@H]2C[C@@H](n3cc(C4CC4)nn3)[C@H](OCC3CC3)C[C@H]2C1. The second-order valence-electron chi connectivity index (χ2n) is 9.93. The molecule has 1 aliphatic heterocycles. The number of halogens is 1. The fourth-order valence-corrected chi connectivity index (χ4v) is 5.41. The van der Waals surface area contributed by atoms with Gasteiger partial charge in [0, 0.05) is 50.1 Å². The first kappa shape index (κ1) is 18.9. The van der Waals surface area contributed by atoms with Crippen LogP contribution in [0.3, 0.4) is 0 Å². The molecule has 0 aromatic carbocycles. The Hall–Kier alpha value is -1.86. The van der Waals surface area contributed by atoms with E-state index in [4.69, 9.17) is 4.74 Å². The van der Waals surface area contributed by atoms with Gasteiger partial charge in [-0.15, -0.1) is 5.10 Å². The van der Waals surface area contributed by atoms with Gasteiger partial charge in [0.2, 0.25) is 0 Å². The van der Waals surface area contributed by atoms with Gasteiger partial charge in [-0.3, -0.25) is 9.88 Å². The molecule has 2 aromatic heterocycles. The van der Waals surface area contributed by atoms with E-state index >= 15 is 0 Å². The summed E-state index contributed by atoms with van der Waals surface area (Å²) in [7, 11) is 0. The second kappa shape index (κ2) is 7.68. The highest BCUT2D eigenvalue weighted by molar-refractivity contribution is 5.13. The van der Waals surface area contributed by atoms with Crippen LogP contribution in [-0.4, -0.2) is 50.7 Å². The maximum Gasteiger partial charge on any atom is 0.145 e. The Labute approximate surface area is 176 Å². The Bertz CT molecular complexity index is 895. The van der Waals surface area contributed by atoms with Crippen LogP contribution in [0.15, 0.2) is 24.7 Å². The van der Waals surface area contributed by atoms with Crippen LogP contribution in [0.4, 0.5) is 4.39 Å². The molecule has 0 N–H and O–H groups in total. The van der Waals surface area contributed by atoms with Crippen molar-refractivity contribution in [1.82, 2.24) is 24.9 Å². The van der Waals surface area contributed by atoms with Crippen LogP contribution >= 0.6 is 0 Å². The molecule has 3 heterocycles. The lowest BCUT2D eigenvalue weighted by atomic mass is 9.77. The van der Waals surface area contributed by atoms with Crippen molar-refractivity contribution in [1.29, 1.82) is 0 Å². The van der Waals surface area contributed by atoms with E-state index in [0.717, 1.165) is 49.7 Å². The third-order valence-corrected chi connectivity index (χ3v) is 7.52. The van der Waals surface area contributed by atoms with Crippen molar-refractivity contribution in [3.8, 4) is 0 Å². The molecule has 0 unspecified atom stereocenters. The van der Waals surface area contributed by atoms with Gasteiger partial charge in [0.25, 0.3) is 0 Å². The van der Waals surface area contributed by atoms with Gasteiger partial charge in [-0.2, -0.15) is 0 Å². The minimum Gasteiger partial charge on any atom is -0.376 e. The van der Waals surface area contributed by atoms with E-state index < -0.39 is 0 Å². The lowest BCUT2D eigenvalue weighted by Crippen LogP contribution is -2.38. The van der Waals surface area contributed by atoms with Crippen molar-refractivity contribution in [2.24, 2.45) is 17.8 Å². The van der Waals surface area contributed by atoms with Crippen molar-refractivity contribution in [3.63, 3.8) is 0 Å². The summed E-state index contributed by atoms with van der Waals surface area (Å²) in [6.07, 6.45) is 12.6. The number of aromatic nitrogens is 4. The molecule has 0 bridgehead atoms. The fourth-order valence-electron chi connectivity index (χ4n) is 5.41. The first-order chi connectivity index (χ1) is 14.7. The number of nitrogens with zero attached hydrogens (tertiary/aromatic N) is 5. The van der Waals surface area contributed by atoms with E-state index in [0.29, 0.717) is 24.3 Å². The van der Waals surface area contributed by atoms with Crippen LogP contribution in [0.5, 0.6) is 0 Å². The van der Waals surface area contributed by atoms with Crippen LogP contribution in [0.2, 0.25) is 0 Å². The Morgan fingerprint density at radius 1 is 1.10 bits per heavy atom. The van der Waals surface area contributed by atoms with Gasteiger partial charge >= 0.3 is 0 Å². The molecule has 4 fully saturated rings. The first-order valence-electron chi connectivity index (χ1n) is 11.6. The molecule has 160 valence electrons. The first-order valence-corrected chi connectivity index (χ1v) is 11.6. The number of hydrogen-bond donors (Lipinski definition) is 0. The fraction of sp³-hybridized carbons (Fsp3) is 0.696. The predicted octanol–water partition coefficient (Wildman–Crippen LogP) is 3.57. The van der Waals surface area contributed by atoms with E-state index in [1.165, 1.54) is 31.9 Å². The molecule has 0 spiro atoms. The molecule has 0 radical (unpaired) electrons. The second-order valence-corrected chi connectivity index (χ2v) is 9.93. The maximum atomic E-state index is 14.1. The Balaban J connectivity index is 1.17. The maximum absolute atomic E-state index is 14.1. The highest BCUT2D eigenvalue weighted by Gasteiger charge is 2.44. The van der Waals surface area contributed by atoms with Gasteiger partial charge in [0.1, 0.15) is 5.82 Å². The van der Waals surface area contributed by atoms with Crippen molar-refractivity contribution in [2.45, 2.75) is 63.1 Å². The third-order valence-electron chi connectivity index (χ3n) is 7.52. The molecular weight excluding hydrogens is 381 g/mol. The monoisotopic (exact) mass is 411 g/mol. The Morgan fingerprint density at radius 2 is 1.93 bits per heavy atom. The summed E-state index contributed by atoms with van der Waals surface area (Å²) < 4.78 is 22.7. The summed E-state index contributed by atoms with van der Waals surface area (Å²) in [5.74, 6) is 2.40. The topological polar surface area (TPSA) is 56.1 Å². The van der Waals surface area contributed by atoms with Gasteiger partial charge < -0.3 is 4.74 Å². The van der Waals surface area contributed by atoms with E-state index in [2.05, 4.69) is 31.1 Å². The summed E-state index contributed by atoms with van der Waals surface area (Å²) in [6, 6.07) is 2.07. The average molecular weight is 412 g/mol. The number of fused-ring (bicyclic) bond motifs is 1. The van der Waals surface area contributed by atoms with Gasteiger partial charge in [-0.1, -0.05) is 5.21 Å². The van der Waals surface area contributed by atoms with Crippen molar-refractivity contribution in [3.05, 3.63) is 41.7 Å². The summed E-state index contributed by atoms with van der Waals surface area (Å²) >= 11 is 0. The van der Waals surface area contributed by atoms with Gasteiger partial charge in [-0.25, -0.2) is 9.07 Å². The number of pyridine rings is 1. The zero-order valence-corrected chi connectivity index (χ0v) is 17.4. The largest absolute Gasteiger partial charge is 0.376 e. The van der Waals surface area contributed by atoms with Gasteiger partial charge in [0.05, 0.1) is 24.0 Å². The van der Waals surface area contributed by atoms with Crippen LogP contribution in [-0.2, 0) is 11.3 Å². The number of ether oxygens (including phenoxy) is 1. The molecular formula is C23H30FN5O. The predicted molar refractivity (Wildman–Crippen MR) is 109 cm³/mol. The molecule has 30 heavy (non-hydrogen) atoms. The molecule has 4 atom stereocenters. The lowest BCUT2D eigenvalue weighted by molar-refractivity contribution is -0.0375. The summed E-state index contributed by atoms with van der Waals surface area (Å²) in [5, 5.41) is 8.98. The highest BCUT2D eigenvalue weighted by Crippen LogP contribution is 2.44. The van der Waals surface area contributed by atoms with Crippen molar-refractivity contribution in [2.75, 3.05) is 19.7 Å². The molecule has 7 heteroatoms. The van der Waals surface area contributed by atoms with E-state index in [1.54, 1.807) is 12.3 Å². The number of hydrogen-bond acceptors (Lipinski definition) is 5. The van der Waals surface area contributed by atoms with Crippen LogP contribution in [0.1, 0.15) is 61.7 Å². The van der Waals surface area contributed by atoms with Crippen LogP contribution < -0.4 is 0 Å². The lowest BCUT2D eigenvalue weighted by Gasteiger charge is -2.37.